The van der Waals surface area contributed by atoms with Crippen molar-refractivity contribution in [2.75, 3.05) is 20.1 Å². The second-order valence-electron chi connectivity index (χ2n) is 10.0. The van der Waals surface area contributed by atoms with Crippen LogP contribution >= 0.6 is 0 Å². The fourth-order valence-corrected chi connectivity index (χ4v) is 5.10. The zero-order chi connectivity index (χ0) is 23.0. The van der Waals surface area contributed by atoms with Gasteiger partial charge in [0.2, 0.25) is 11.8 Å². The van der Waals surface area contributed by atoms with Crippen LogP contribution in [0.5, 0.6) is 5.75 Å². The first kappa shape index (κ1) is 22.4. The monoisotopic (exact) mass is 438 g/mol. The Morgan fingerprint density at radius 2 is 1.78 bits per heavy atom. The third kappa shape index (κ3) is 4.38. The number of likely N-dealkylation sites (tertiary alicyclic amines) is 1. The lowest BCUT2D eigenvalue weighted by Crippen LogP contribution is -2.43. The maximum absolute atomic E-state index is 12.8. The average molecular weight is 439 g/mol. The molecule has 1 aromatic carbocycles. The van der Waals surface area contributed by atoms with E-state index in [1.807, 2.05) is 33.8 Å². The van der Waals surface area contributed by atoms with Gasteiger partial charge in [0.05, 0.1) is 11.8 Å². The first-order chi connectivity index (χ1) is 15.2. The summed E-state index contributed by atoms with van der Waals surface area (Å²) in [5.74, 6) is 1.66. The van der Waals surface area contributed by atoms with Gasteiger partial charge in [0, 0.05) is 32.2 Å². The molecule has 172 valence electrons. The van der Waals surface area contributed by atoms with Gasteiger partial charge in [0.15, 0.2) is 5.96 Å². The lowest BCUT2D eigenvalue weighted by atomic mass is 9.85. The summed E-state index contributed by atoms with van der Waals surface area (Å²) in [6.45, 7) is 9.50. The van der Waals surface area contributed by atoms with Crippen molar-refractivity contribution >= 4 is 17.8 Å². The van der Waals surface area contributed by atoms with Crippen molar-refractivity contribution in [3.05, 3.63) is 41.5 Å². The Morgan fingerprint density at radius 1 is 1.12 bits per heavy atom. The van der Waals surface area contributed by atoms with Crippen molar-refractivity contribution in [2.24, 2.45) is 28.7 Å². The van der Waals surface area contributed by atoms with Crippen molar-refractivity contribution in [1.29, 1.82) is 0 Å². The minimum absolute atomic E-state index is 0.00905. The molecule has 4 rings (SSSR count). The number of benzene rings is 1. The highest BCUT2D eigenvalue weighted by Crippen LogP contribution is 2.52. The maximum atomic E-state index is 12.8. The summed E-state index contributed by atoms with van der Waals surface area (Å²) in [5.41, 5.74) is 1.89. The molecule has 2 N–H and O–H groups in total. The summed E-state index contributed by atoms with van der Waals surface area (Å²) in [6, 6.07) is 6.16. The van der Waals surface area contributed by atoms with Gasteiger partial charge in [0.25, 0.3) is 0 Å². The zero-order valence-corrected chi connectivity index (χ0v) is 19.6. The van der Waals surface area contributed by atoms with Gasteiger partial charge >= 0.3 is 0 Å². The number of fused-ring (bicyclic) bond motifs is 5. The lowest BCUT2D eigenvalue weighted by molar-refractivity contribution is -0.140. The molecule has 7 nitrogen and oxygen atoms in total. The zero-order valence-electron chi connectivity index (χ0n) is 19.6. The number of hydrogen-bond acceptors (Lipinski definition) is 4. The van der Waals surface area contributed by atoms with Gasteiger partial charge in [-0.1, -0.05) is 24.3 Å². The molecule has 1 aliphatic heterocycles. The summed E-state index contributed by atoms with van der Waals surface area (Å²) >= 11 is 0. The molecular weight excluding hydrogens is 404 g/mol. The highest BCUT2D eigenvalue weighted by Gasteiger charge is 2.58. The Hall–Kier alpha value is -2.83. The number of allylic oxidation sites excluding steroid dienone is 2. The molecule has 1 saturated heterocycles. The van der Waals surface area contributed by atoms with E-state index in [4.69, 9.17) is 4.74 Å². The van der Waals surface area contributed by atoms with Crippen molar-refractivity contribution in [3.63, 3.8) is 0 Å². The Bertz CT molecular complexity index is 932. The van der Waals surface area contributed by atoms with Crippen LogP contribution in [0.1, 0.15) is 38.3 Å². The summed E-state index contributed by atoms with van der Waals surface area (Å²) in [7, 11) is 1.71. The average Bonchev–Trinajstić information content (AvgIpc) is 3.40. The van der Waals surface area contributed by atoms with Crippen LogP contribution in [0, 0.1) is 30.6 Å². The topological polar surface area (TPSA) is 83.0 Å². The van der Waals surface area contributed by atoms with E-state index < -0.39 is 0 Å². The highest BCUT2D eigenvalue weighted by molar-refractivity contribution is 6.06. The maximum Gasteiger partial charge on any atom is 0.233 e. The van der Waals surface area contributed by atoms with E-state index in [1.54, 1.807) is 7.05 Å². The molecule has 4 unspecified atom stereocenters. The van der Waals surface area contributed by atoms with E-state index in [0.29, 0.717) is 25.6 Å². The smallest absolute Gasteiger partial charge is 0.233 e. The molecular formula is C25H34N4O3. The summed E-state index contributed by atoms with van der Waals surface area (Å²) in [6.07, 6.45) is 5.19. The first-order valence-corrected chi connectivity index (χ1v) is 11.4. The van der Waals surface area contributed by atoms with Crippen molar-refractivity contribution < 1.29 is 14.3 Å². The normalized spacial score (nSPS) is 26.7. The molecule has 2 fully saturated rings. The lowest BCUT2D eigenvalue weighted by Gasteiger charge is -2.24. The van der Waals surface area contributed by atoms with Gasteiger partial charge < -0.3 is 15.4 Å². The van der Waals surface area contributed by atoms with Gasteiger partial charge in [-0.15, -0.1) is 0 Å². The van der Waals surface area contributed by atoms with E-state index in [2.05, 4.69) is 39.9 Å². The number of aliphatic imine (C=N–C) groups is 1. The van der Waals surface area contributed by atoms with Crippen molar-refractivity contribution in [2.45, 2.75) is 46.3 Å². The van der Waals surface area contributed by atoms with Gasteiger partial charge in [-0.05, 0) is 57.6 Å². The van der Waals surface area contributed by atoms with Gasteiger partial charge in [-0.3, -0.25) is 19.5 Å². The van der Waals surface area contributed by atoms with E-state index in [9.17, 15) is 9.59 Å². The number of ether oxygens (including phenoxy) is 1. The molecule has 32 heavy (non-hydrogen) atoms. The standard InChI is InChI=1S/C25H34N4O3/c1-15-6-7-18(19(12-15)32-25(2,3)4)14-28-24(26-5)27-10-11-29-22(30)20-16-8-9-17(13-16)21(20)23(29)31/h6-9,12,16-17,20-21H,10-11,13-14H2,1-5H3,(H2,26,27,28). The van der Waals surface area contributed by atoms with Crippen LogP contribution < -0.4 is 15.4 Å². The number of imide groups is 1. The predicted molar refractivity (Wildman–Crippen MR) is 124 cm³/mol. The van der Waals surface area contributed by atoms with E-state index in [0.717, 1.165) is 23.3 Å². The van der Waals surface area contributed by atoms with E-state index in [1.165, 1.54) is 4.90 Å². The number of guanidine groups is 1. The van der Waals surface area contributed by atoms with Crippen LogP contribution in [-0.2, 0) is 16.1 Å². The largest absolute Gasteiger partial charge is 0.488 e. The van der Waals surface area contributed by atoms with Crippen molar-refractivity contribution in [3.8, 4) is 5.75 Å². The van der Waals surface area contributed by atoms with Gasteiger partial charge in [-0.25, -0.2) is 0 Å². The number of nitrogens with one attached hydrogen (secondary N) is 2. The fourth-order valence-electron chi connectivity index (χ4n) is 5.10. The van der Waals surface area contributed by atoms with E-state index in [-0.39, 0.29) is 41.1 Å². The Balaban J connectivity index is 1.30. The quantitative estimate of drug-likeness (QED) is 0.309. The fraction of sp³-hybridized carbons (Fsp3) is 0.560. The second-order valence-corrected chi connectivity index (χ2v) is 10.0. The Labute approximate surface area is 190 Å². The summed E-state index contributed by atoms with van der Waals surface area (Å²) in [4.78, 5) is 31.3. The molecule has 7 heteroatoms. The number of nitrogens with zero attached hydrogens (tertiary/aromatic N) is 2. The van der Waals surface area contributed by atoms with Crippen molar-refractivity contribution in [1.82, 2.24) is 15.5 Å². The third-order valence-electron chi connectivity index (χ3n) is 6.50. The molecule has 1 saturated carbocycles. The molecule has 3 aliphatic rings. The SMILES string of the molecule is CN=C(NCCN1C(=O)C2C3C=CC(C3)C2C1=O)NCc1ccc(C)cc1OC(C)(C)C. The summed E-state index contributed by atoms with van der Waals surface area (Å²) < 4.78 is 6.12. The van der Waals surface area contributed by atoms with Crippen LogP contribution in [0.15, 0.2) is 35.3 Å². The van der Waals surface area contributed by atoms with Crippen LogP contribution in [0.25, 0.3) is 0 Å². The molecule has 2 aliphatic carbocycles. The number of rotatable bonds is 6. The molecule has 1 aromatic rings. The first-order valence-electron chi connectivity index (χ1n) is 11.4. The molecule has 1 heterocycles. The van der Waals surface area contributed by atoms with Gasteiger partial charge in [0.1, 0.15) is 11.4 Å². The minimum atomic E-state index is -0.287. The van der Waals surface area contributed by atoms with Crippen LogP contribution in [0.3, 0.4) is 0 Å². The number of carbonyl (C=O) groups excluding carboxylic acids is 2. The number of hydrogen-bond donors (Lipinski definition) is 2. The molecule has 0 radical (unpaired) electrons. The second kappa shape index (κ2) is 8.60. The highest BCUT2D eigenvalue weighted by atomic mass is 16.5. The predicted octanol–water partition coefficient (Wildman–Crippen LogP) is 2.64. The van der Waals surface area contributed by atoms with Crippen LogP contribution in [-0.4, -0.2) is 48.4 Å². The van der Waals surface area contributed by atoms with Gasteiger partial charge in [-0.2, -0.15) is 0 Å². The Kier molecular flexibility index (Phi) is 6.01. The molecule has 4 atom stereocenters. The number of amides is 2. The Morgan fingerprint density at radius 3 is 2.38 bits per heavy atom. The molecule has 0 aromatic heterocycles. The van der Waals surface area contributed by atoms with Crippen LogP contribution in [0.4, 0.5) is 0 Å². The number of aryl methyl sites for hydroxylation is 1. The molecule has 2 bridgehead atoms. The van der Waals surface area contributed by atoms with Crippen LogP contribution in [0.2, 0.25) is 0 Å². The molecule has 0 spiro atoms. The minimum Gasteiger partial charge on any atom is -0.488 e. The summed E-state index contributed by atoms with van der Waals surface area (Å²) in [5, 5.41) is 6.53. The van der Waals surface area contributed by atoms with E-state index >= 15 is 0 Å². The third-order valence-corrected chi connectivity index (χ3v) is 6.50. The number of carbonyl (C=O) groups is 2. The molecule has 2 amide bonds.